The molecule has 1 saturated heterocycles. The number of nitroso groups, excluding NO2 is 1. The van der Waals surface area contributed by atoms with Gasteiger partial charge >= 0.3 is 0 Å². The third-order valence-corrected chi connectivity index (χ3v) is 1.93. The van der Waals surface area contributed by atoms with Gasteiger partial charge in [-0.2, -0.15) is 0 Å². The van der Waals surface area contributed by atoms with E-state index in [9.17, 15) is 4.91 Å². The summed E-state index contributed by atoms with van der Waals surface area (Å²) in [5.41, 5.74) is 2.40. The van der Waals surface area contributed by atoms with E-state index in [4.69, 9.17) is 4.74 Å². The Kier molecular flexibility index (Phi) is 4.63. The third kappa shape index (κ3) is 3.64. The molecule has 70 valence electrons. The molecule has 1 aliphatic heterocycles. The van der Waals surface area contributed by atoms with Crippen molar-refractivity contribution in [3.63, 3.8) is 0 Å². The Bertz CT molecular complexity index is 126. The van der Waals surface area contributed by atoms with Crippen LogP contribution in [0.2, 0.25) is 0 Å². The Morgan fingerprint density at radius 2 is 2.17 bits per heavy atom. The average molecular weight is 173 g/mol. The number of morpholine rings is 1. The minimum absolute atomic E-state index is 0.668. The highest BCUT2D eigenvalue weighted by Crippen LogP contribution is 1.96. The van der Waals surface area contributed by atoms with Crippen LogP contribution in [0.5, 0.6) is 0 Å². The Labute approximate surface area is 72.0 Å². The van der Waals surface area contributed by atoms with Crippen molar-refractivity contribution < 1.29 is 4.74 Å². The summed E-state index contributed by atoms with van der Waals surface area (Å²) >= 11 is 0. The van der Waals surface area contributed by atoms with E-state index in [2.05, 4.69) is 15.6 Å². The fourth-order valence-corrected chi connectivity index (χ4v) is 1.25. The van der Waals surface area contributed by atoms with Crippen LogP contribution >= 0.6 is 0 Å². The van der Waals surface area contributed by atoms with Crippen molar-refractivity contribution in [1.29, 1.82) is 0 Å². The lowest BCUT2D eigenvalue weighted by atomic mass is 10.3. The first kappa shape index (κ1) is 9.41. The summed E-state index contributed by atoms with van der Waals surface area (Å²) in [5.74, 6) is 0. The fraction of sp³-hybridized carbons (Fsp3) is 1.00. The van der Waals surface area contributed by atoms with E-state index in [0.29, 0.717) is 6.54 Å². The maximum absolute atomic E-state index is 9.66. The molecular weight excluding hydrogens is 158 g/mol. The molecule has 0 aromatic rings. The Morgan fingerprint density at radius 3 is 2.83 bits per heavy atom. The highest BCUT2D eigenvalue weighted by Gasteiger charge is 2.08. The SMILES string of the molecule is O=NNCCCN1CCOCC1. The van der Waals surface area contributed by atoms with E-state index in [1.165, 1.54) is 0 Å². The summed E-state index contributed by atoms with van der Waals surface area (Å²) in [6, 6.07) is 0. The molecule has 0 aliphatic carbocycles. The molecule has 0 spiro atoms. The van der Waals surface area contributed by atoms with E-state index in [0.717, 1.165) is 39.3 Å². The van der Waals surface area contributed by atoms with Crippen LogP contribution in [-0.2, 0) is 4.74 Å². The first-order valence-corrected chi connectivity index (χ1v) is 4.29. The number of hydrogen-bond acceptors (Lipinski definition) is 4. The Morgan fingerprint density at radius 1 is 1.42 bits per heavy atom. The molecule has 1 rings (SSSR count). The topological polar surface area (TPSA) is 53.9 Å². The molecule has 12 heavy (non-hydrogen) atoms. The zero-order valence-corrected chi connectivity index (χ0v) is 7.16. The molecule has 1 heterocycles. The minimum Gasteiger partial charge on any atom is -0.379 e. The van der Waals surface area contributed by atoms with Gasteiger partial charge in [-0.25, -0.2) is 0 Å². The second kappa shape index (κ2) is 5.91. The van der Waals surface area contributed by atoms with E-state index in [-0.39, 0.29) is 0 Å². The molecule has 0 radical (unpaired) electrons. The number of hydrogen-bond donors (Lipinski definition) is 1. The van der Waals surface area contributed by atoms with Gasteiger partial charge in [-0.15, -0.1) is 4.91 Å². The molecule has 0 amide bonds. The lowest BCUT2D eigenvalue weighted by Gasteiger charge is -2.26. The molecule has 0 aromatic heterocycles. The van der Waals surface area contributed by atoms with Crippen molar-refractivity contribution in [2.24, 2.45) is 5.29 Å². The standard InChI is InChI=1S/C7H15N3O2/c11-9-8-2-1-3-10-4-6-12-7-5-10/h1-7H2,(H,8,11). The molecule has 0 unspecified atom stereocenters. The van der Waals surface area contributed by atoms with Gasteiger partial charge in [0.1, 0.15) is 0 Å². The quantitative estimate of drug-likeness (QED) is 0.360. The van der Waals surface area contributed by atoms with Gasteiger partial charge in [0.25, 0.3) is 0 Å². The molecule has 0 saturated carbocycles. The molecule has 0 aromatic carbocycles. The predicted molar refractivity (Wildman–Crippen MR) is 45.7 cm³/mol. The number of rotatable bonds is 5. The van der Waals surface area contributed by atoms with Gasteiger partial charge in [-0.1, -0.05) is 0 Å². The first-order chi connectivity index (χ1) is 5.93. The Hall–Kier alpha value is -0.680. The highest BCUT2D eigenvalue weighted by atomic mass is 16.5. The Balaban J connectivity index is 1.94. The zero-order valence-electron chi connectivity index (χ0n) is 7.16. The maximum Gasteiger partial charge on any atom is 0.0594 e. The van der Waals surface area contributed by atoms with Crippen molar-refractivity contribution in [3.05, 3.63) is 4.91 Å². The van der Waals surface area contributed by atoms with Crippen LogP contribution in [0.4, 0.5) is 0 Å². The van der Waals surface area contributed by atoms with Crippen molar-refractivity contribution in [1.82, 2.24) is 10.3 Å². The van der Waals surface area contributed by atoms with Gasteiger partial charge in [-0.3, -0.25) is 10.3 Å². The summed E-state index contributed by atoms with van der Waals surface area (Å²) < 4.78 is 5.20. The van der Waals surface area contributed by atoms with Crippen LogP contribution < -0.4 is 5.43 Å². The second-order valence-corrected chi connectivity index (χ2v) is 2.81. The number of ether oxygens (including phenoxy) is 1. The summed E-state index contributed by atoms with van der Waals surface area (Å²) in [5, 5.41) is 2.58. The van der Waals surface area contributed by atoms with E-state index < -0.39 is 0 Å². The highest BCUT2D eigenvalue weighted by molar-refractivity contribution is 4.61. The summed E-state index contributed by atoms with van der Waals surface area (Å²) in [6.45, 7) is 5.37. The van der Waals surface area contributed by atoms with Gasteiger partial charge < -0.3 is 4.74 Å². The maximum atomic E-state index is 9.66. The lowest BCUT2D eigenvalue weighted by Crippen LogP contribution is -2.37. The van der Waals surface area contributed by atoms with Gasteiger partial charge in [-0.05, 0) is 6.42 Å². The molecule has 1 aliphatic rings. The number of nitrogens with zero attached hydrogens (tertiary/aromatic N) is 2. The summed E-state index contributed by atoms with van der Waals surface area (Å²) in [4.78, 5) is 12.0. The third-order valence-electron chi connectivity index (χ3n) is 1.93. The number of nitrogens with one attached hydrogen (secondary N) is 1. The summed E-state index contributed by atoms with van der Waals surface area (Å²) in [7, 11) is 0. The van der Waals surface area contributed by atoms with E-state index in [1.807, 2.05) is 0 Å². The van der Waals surface area contributed by atoms with Crippen LogP contribution in [-0.4, -0.2) is 44.3 Å². The molecule has 5 nitrogen and oxygen atoms in total. The molecule has 1 fully saturated rings. The van der Waals surface area contributed by atoms with Gasteiger partial charge in [0, 0.05) is 31.5 Å². The largest absolute Gasteiger partial charge is 0.379 e. The molecule has 0 bridgehead atoms. The smallest absolute Gasteiger partial charge is 0.0594 e. The molecule has 5 heteroatoms. The molecular formula is C7H15N3O2. The van der Waals surface area contributed by atoms with Gasteiger partial charge in [0.05, 0.1) is 13.2 Å². The van der Waals surface area contributed by atoms with Crippen molar-refractivity contribution in [2.45, 2.75) is 6.42 Å². The molecule has 0 atom stereocenters. The van der Waals surface area contributed by atoms with Crippen LogP contribution in [0.15, 0.2) is 5.29 Å². The monoisotopic (exact) mass is 173 g/mol. The predicted octanol–water partition coefficient (Wildman–Crippen LogP) is -0.0203. The van der Waals surface area contributed by atoms with Crippen LogP contribution in [0, 0.1) is 4.91 Å². The second-order valence-electron chi connectivity index (χ2n) is 2.81. The van der Waals surface area contributed by atoms with Crippen LogP contribution in [0.1, 0.15) is 6.42 Å². The van der Waals surface area contributed by atoms with Crippen LogP contribution in [0.25, 0.3) is 0 Å². The average Bonchev–Trinajstić information content (AvgIpc) is 2.14. The van der Waals surface area contributed by atoms with E-state index >= 15 is 0 Å². The first-order valence-electron chi connectivity index (χ1n) is 4.29. The summed E-state index contributed by atoms with van der Waals surface area (Å²) in [6.07, 6.45) is 0.964. The normalized spacial score (nSPS) is 19.0. The van der Waals surface area contributed by atoms with Crippen molar-refractivity contribution >= 4 is 0 Å². The molecule has 1 N–H and O–H groups in total. The van der Waals surface area contributed by atoms with E-state index in [1.54, 1.807) is 0 Å². The fourth-order valence-electron chi connectivity index (χ4n) is 1.25. The van der Waals surface area contributed by atoms with Crippen molar-refractivity contribution in [2.75, 3.05) is 39.4 Å². The van der Waals surface area contributed by atoms with Crippen molar-refractivity contribution in [3.8, 4) is 0 Å². The lowest BCUT2D eigenvalue weighted by molar-refractivity contribution is 0.0375. The minimum atomic E-state index is 0.668. The van der Waals surface area contributed by atoms with Gasteiger partial charge in [0.2, 0.25) is 0 Å². The van der Waals surface area contributed by atoms with Crippen LogP contribution in [0.3, 0.4) is 0 Å². The zero-order chi connectivity index (χ0) is 8.65. The van der Waals surface area contributed by atoms with Gasteiger partial charge in [0.15, 0.2) is 0 Å².